The Kier molecular flexibility index (Phi) is 3.39. The second-order valence-electron chi connectivity index (χ2n) is 3.94. The van der Waals surface area contributed by atoms with Gasteiger partial charge in [-0.25, -0.2) is 9.97 Å². The van der Waals surface area contributed by atoms with E-state index in [4.69, 9.17) is 0 Å². The van der Waals surface area contributed by atoms with E-state index in [-0.39, 0.29) is 0 Å². The number of nitrogens with one attached hydrogen (secondary N) is 2. The Balaban J connectivity index is 1.88. The molecule has 0 bridgehead atoms. The summed E-state index contributed by atoms with van der Waals surface area (Å²) in [5, 5.41) is 6.38. The Morgan fingerprint density at radius 3 is 3.05 bits per heavy atom. The first-order chi connectivity index (χ1) is 9.26. The number of halogens is 1. The van der Waals surface area contributed by atoms with Crippen molar-refractivity contribution < 1.29 is 0 Å². The molecule has 0 unspecified atom stereocenters. The van der Waals surface area contributed by atoms with Crippen LogP contribution in [0.2, 0.25) is 0 Å². The Hall–Kier alpha value is -1.60. The molecule has 0 saturated carbocycles. The lowest BCUT2D eigenvalue weighted by Gasteiger charge is -2.08. The summed E-state index contributed by atoms with van der Waals surface area (Å²) in [6, 6.07) is 4.14. The van der Waals surface area contributed by atoms with Crippen molar-refractivity contribution >= 4 is 44.5 Å². The van der Waals surface area contributed by atoms with Crippen LogP contribution in [0.15, 0.2) is 34.5 Å². The summed E-state index contributed by atoms with van der Waals surface area (Å²) in [7, 11) is 1.85. The molecule has 0 aliphatic carbocycles. The van der Waals surface area contributed by atoms with Crippen LogP contribution in [0.5, 0.6) is 0 Å². The average Bonchev–Trinajstić information content (AvgIpc) is 3.04. The number of hydrogen-bond donors (Lipinski definition) is 2. The van der Waals surface area contributed by atoms with E-state index in [9.17, 15) is 0 Å². The molecule has 3 rings (SSSR count). The van der Waals surface area contributed by atoms with E-state index in [1.54, 1.807) is 17.5 Å². The summed E-state index contributed by atoms with van der Waals surface area (Å²) in [6.45, 7) is 0.735. The Labute approximate surface area is 122 Å². The minimum absolute atomic E-state index is 0.735. The second kappa shape index (κ2) is 5.18. The molecule has 0 spiro atoms. The molecule has 3 heterocycles. The van der Waals surface area contributed by atoms with E-state index < -0.39 is 0 Å². The molecule has 0 aliphatic heterocycles. The zero-order chi connectivity index (χ0) is 13.2. The summed E-state index contributed by atoms with van der Waals surface area (Å²) in [4.78, 5) is 10.1. The van der Waals surface area contributed by atoms with Crippen molar-refractivity contribution in [3.63, 3.8) is 0 Å². The average molecular weight is 338 g/mol. The van der Waals surface area contributed by atoms with Crippen LogP contribution in [0.1, 0.15) is 4.88 Å². The van der Waals surface area contributed by atoms with Gasteiger partial charge in [-0.05, 0) is 28.1 Å². The number of nitrogens with zero attached hydrogens (tertiary/aromatic N) is 3. The highest BCUT2D eigenvalue weighted by Gasteiger charge is 2.07. The molecule has 0 aromatic carbocycles. The van der Waals surface area contributed by atoms with Crippen molar-refractivity contribution in [2.75, 3.05) is 17.7 Å². The van der Waals surface area contributed by atoms with Crippen LogP contribution in [-0.2, 0) is 6.54 Å². The third kappa shape index (κ3) is 2.57. The van der Waals surface area contributed by atoms with Crippen molar-refractivity contribution in [2.45, 2.75) is 6.54 Å². The maximum atomic E-state index is 4.50. The van der Waals surface area contributed by atoms with Gasteiger partial charge in [-0.15, -0.1) is 11.3 Å². The monoisotopic (exact) mass is 337 g/mol. The van der Waals surface area contributed by atoms with Gasteiger partial charge in [-0.1, -0.05) is 0 Å². The molecule has 3 aromatic heterocycles. The quantitative estimate of drug-likeness (QED) is 0.767. The van der Waals surface area contributed by atoms with Gasteiger partial charge in [0.2, 0.25) is 0 Å². The summed E-state index contributed by atoms with van der Waals surface area (Å²) >= 11 is 5.17. The van der Waals surface area contributed by atoms with E-state index in [0.29, 0.717) is 0 Å². The molecule has 0 saturated heterocycles. The topological polar surface area (TPSA) is 54.2 Å². The van der Waals surface area contributed by atoms with E-state index in [1.165, 1.54) is 4.88 Å². The summed E-state index contributed by atoms with van der Waals surface area (Å²) in [5.41, 5.74) is 0.828. The fraction of sp³-hybridized carbons (Fsp3) is 0.167. The molecule has 0 atom stereocenters. The molecule has 5 nitrogen and oxygen atoms in total. The van der Waals surface area contributed by atoms with Crippen LogP contribution in [0.25, 0.3) is 5.65 Å². The Bertz CT molecular complexity index is 705. The van der Waals surface area contributed by atoms with Gasteiger partial charge in [0, 0.05) is 24.3 Å². The van der Waals surface area contributed by atoms with Gasteiger partial charge in [-0.2, -0.15) is 0 Å². The Morgan fingerprint density at radius 2 is 2.32 bits per heavy atom. The van der Waals surface area contributed by atoms with Crippen LogP contribution >= 0.6 is 27.3 Å². The number of fused-ring (bicyclic) bond motifs is 1. The van der Waals surface area contributed by atoms with Gasteiger partial charge in [-0.3, -0.25) is 0 Å². The summed E-state index contributed by atoms with van der Waals surface area (Å²) in [5.74, 6) is 1.58. The zero-order valence-corrected chi connectivity index (χ0v) is 12.6. The SMILES string of the molecule is CNc1cn2ccnc2c(NCc2ccc(Br)s2)n1. The molecule has 19 heavy (non-hydrogen) atoms. The fourth-order valence-corrected chi connectivity index (χ4v) is 3.21. The van der Waals surface area contributed by atoms with Gasteiger partial charge in [0.25, 0.3) is 0 Å². The van der Waals surface area contributed by atoms with Crippen molar-refractivity contribution in [3.8, 4) is 0 Å². The van der Waals surface area contributed by atoms with E-state index >= 15 is 0 Å². The maximum absolute atomic E-state index is 4.50. The number of anilines is 2. The standard InChI is InChI=1S/C12H12BrN5S/c1-14-10-7-18-5-4-15-12(18)11(17-10)16-6-8-2-3-9(13)19-8/h2-5,7,14H,6H2,1H3,(H,16,17). The molecule has 3 aromatic rings. The normalized spacial score (nSPS) is 10.8. The minimum Gasteiger partial charge on any atom is -0.372 e. The predicted octanol–water partition coefficient (Wildman–Crippen LogP) is 3.21. The number of imidazole rings is 1. The van der Waals surface area contributed by atoms with Crippen molar-refractivity contribution in [1.82, 2.24) is 14.4 Å². The van der Waals surface area contributed by atoms with Gasteiger partial charge >= 0.3 is 0 Å². The number of thiophene rings is 1. The van der Waals surface area contributed by atoms with E-state index in [2.05, 4.69) is 42.6 Å². The van der Waals surface area contributed by atoms with Crippen LogP contribution in [0.4, 0.5) is 11.6 Å². The molecule has 98 valence electrons. The predicted molar refractivity (Wildman–Crippen MR) is 81.9 cm³/mol. The molecule has 0 amide bonds. The third-order valence-electron chi connectivity index (χ3n) is 2.69. The van der Waals surface area contributed by atoms with Crippen molar-refractivity contribution in [1.29, 1.82) is 0 Å². The molecular weight excluding hydrogens is 326 g/mol. The molecule has 0 radical (unpaired) electrons. The van der Waals surface area contributed by atoms with Crippen molar-refractivity contribution in [3.05, 3.63) is 39.4 Å². The van der Waals surface area contributed by atoms with Gasteiger partial charge in [0.15, 0.2) is 11.5 Å². The first-order valence-electron chi connectivity index (χ1n) is 5.76. The highest BCUT2D eigenvalue weighted by Crippen LogP contribution is 2.23. The first-order valence-corrected chi connectivity index (χ1v) is 7.37. The first kappa shape index (κ1) is 12.4. The lowest BCUT2D eigenvalue weighted by atomic mass is 10.4. The van der Waals surface area contributed by atoms with E-state index in [0.717, 1.165) is 27.6 Å². The highest BCUT2D eigenvalue weighted by molar-refractivity contribution is 9.11. The van der Waals surface area contributed by atoms with Crippen LogP contribution in [-0.4, -0.2) is 21.4 Å². The Morgan fingerprint density at radius 1 is 1.42 bits per heavy atom. The summed E-state index contributed by atoms with van der Waals surface area (Å²) < 4.78 is 3.08. The molecule has 0 fully saturated rings. The zero-order valence-electron chi connectivity index (χ0n) is 10.2. The molecule has 2 N–H and O–H groups in total. The lowest BCUT2D eigenvalue weighted by molar-refractivity contribution is 1.08. The van der Waals surface area contributed by atoms with Gasteiger partial charge < -0.3 is 15.0 Å². The largest absolute Gasteiger partial charge is 0.372 e. The molecular formula is C12H12BrN5S. The summed E-state index contributed by atoms with van der Waals surface area (Å²) in [6.07, 6.45) is 5.59. The molecule has 7 heteroatoms. The number of hydrogen-bond acceptors (Lipinski definition) is 5. The van der Waals surface area contributed by atoms with E-state index in [1.807, 2.05) is 29.9 Å². The molecule has 0 aliphatic rings. The van der Waals surface area contributed by atoms with Crippen LogP contribution < -0.4 is 10.6 Å². The number of aromatic nitrogens is 3. The number of rotatable bonds is 4. The second-order valence-corrected chi connectivity index (χ2v) is 6.49. The third-order valence-corrected chi connectivity index (χ3v) is 4.31. The van der Waals surface area contributed by atoms with Gasteiger partial charge in [0.1, 0.15) is 5.82 Å². The van der Waals surface area contributed by atoms with Crippen LogP contribution in [0, 0.1) is 0 Å². The van der Waals surface area contributed by atoms with Crippen molar-refractivity contribution in [2.24, 2.45) is 0 Å². The highest BCUT2D eigenvalue weighted by atomic mass is 79.9. The van der Waals surface area contributed by atoms with Gasteiger partial charge in [0.05, 0.1) is 16.5 Å². The lowest BCUT2D eigenvalue weighted by Crippen LogP contribution is -2.05. The minimum atomic E-state index is 0.735. The van der Waals surface area contributed by atoms with Crippen LogP contribution in [0.3, 0.4) is 0 Å². The maximum Gasteiger partial charge on any atom is 0.180 e. The fourth-order valence-electron chi connectivity index (χ4n) is 1.79. The smallest absolute Gasteiger partial charge is 0.180 e.